The number of rotatable bonds is 14. The predicted molar refractivity (Wildman–Crippen MR) is 130 cm³/mol. The number of hydrogen-bond acceptors (Lipinski definition) is 13. The van der Waals surface area contributed by atoms with E-state index in [1.54, 1.807) is 20.8 Å². The van der Waals surface area contributed by atoms with E-state index in [1.165, 1.54) is 7.11 Å². The highest BCUT2D eigenvalue weighted by molar-refractivity contribution is 7.46. The van der Waals surface area contributed by atoms with E-state index in [9.17, 15) is 18.9 Å². The zero-order valence-electron chi connectivity index (χ0n) is 21.8. The maximum atomic E-state index is 12.9. The van der Waals surface area contributed by atoms with Gasteiger partial charge in [0.05, 0.1) is 37.6 Å². The Kier molecular flexibility index (Phi) is 12.0. The molecular formula is C20H33B3O13P2-2. The second kappa shape index (κ2) is 13.9. The van der Waals surface area contributed by atoms with Gasteiger partial charge < -0.3 is 51.6 Å². The first-order valence-corrected chi connectivity index (χ1v) is 15.3. The van der Waals surface area contributed by atoms with Crippen molar-refractivity contribution in [3.63, 3.8) is 0 Å². The third-order valence-corrected chi connectivity index (χ3v) is 8.27. The molecule has 0 amide bonds. The Morgan fingerprint density at radius 2 is 1.42 bits per heavy atom. The van der Waals surface area contributed by atoms with E-state index in [2.05, 4.69) is 0 Å². The Hall–Kier alpha value is 0.215. The summed E-state index contributed by atoms with van der Waals surface area (Å²) in [6, 6.07) is -2.55. The molecule has 3 heterocycles. The summed E-state index contributed by atoms with van der Waals surface area (Å²) in [7, 11) is 8.88. The van der Waals surface area contributed by atoms with Crippen LogP contribution in [0.5, 0.6) is 0 Å². The fraction of sp³-hybridized carbons (Fsp3) is 1.00. The summed E-state index contributed by atoms with van der Waals surface area (Å²) in [5, 5.41) is 0. The molecule has 0 aliphatic carbocycles. The van der Waals surface area contributed by atoms with Crippen LogP contribution in [0, 0.1) is 0 Å². The standard InChI is InChI=1S/C20H35B3O13P2/c1-5-11-12(6-16(21)31-11)34-37(24,25)30-9-14-13(7-17(22)32-14)35-38(26,27)36-18-15(8-29-10(2)3)33-20(23)19(18)28-4/h10-20H,5-9H2,1-4H3,(H,24,25)(H,26,27)/p-2/t11?,12?,13?,14?,15?,16?,17?,18-,19?,20?/m1/s1. The molecule has 12 atom stereocenters. The topological polar surface area (TPSA) is 163 Å². The van der Waals surface area contributed by atoms with Gasteiger partial charge in [0.25, 0.3) is 15.6 Å². The fourth-order valence-corrected chi connectivity index (χ4v) is 6.60. The Labute approximate surface area is 227 Å². The molecule has 13 nitrogen and oxygen atoms in total. The van der Waals surface area contributed by atoms with Crippen LogP contribution >= 0.6 is 15.6 Å². The highest BCUT2D eigenvalue weighted by Crippen LogP contribution is 2.48. The largest absolute Gasteiger partial charge is 0.756 e. The molecule has 3 saturated heterocycles. The van der Waals surface area contributed by atoms with Gasteiger partial charge in [0.2, 0.25) is 0 Å². The number of hydrogen-bond donors (Lipinski definition) is 0. The minimum atomic E-state index is -5.05. The molecule has 3 rings (SSSR count). The first-order chi connectivity index (χ1) is 17.7. The monoisotopic (exact) mass is 576 g/mol. The molecule has 3 aliphatic rings. The van der Waals surface area contributed by atoms with E-state index in [0.717, 1.165) is 0 Å². The molecule has 3 fully saturated rings. The van der Waals surface area contributed by atoms with Gasteiger partial charge >= 0.3 is 0 Å². The van der Waals surface area contributed by atoms with Crippen LogP contribution < -0.4 is 9.79 Å². The van der Waals surface area contributed by atoms with Crippen molar-refractivity contribution in [2.75, 3.05) is 20.3 Å². The maximum Gasteiger partial charge on any atom is 0.268 e. The van der Waals surface area contributed by atoms with Crippen LogP contribution in [-0.2, 0) is 50.9 Å². The van der Waals surface area contributed by atoms with Crippen LogP contribution in [0.15, 0.2) is 0 Å². The third kappa shape index (κ3) is 9.11. The predicted octanol–water partition coefficient (Wildman–Crippen LogP) is -0.594. The Morgan fingerprint density at radius 1 is 0.842 bits per heavy atom. The lowest BCUT2D eigenvalue weighted by molar-refractivity contribution is -0.241. The van der Waals surface area contributed by atoms with Crippen LogP contribution in [0.25, 0.3) is 0 Å². The van der Waals surface area contributed by atoms with Gasteiger partial charge in [0, 0.05) is 25.1 Å². The van der Waals surface area contributed by atoms with Gasteiger partial charge in [0.1, 0.15) is 48.0 Å². The van der Waals surface area contributed by atoms with Gasteiger partial charge in [-0.15, -0.1) is 0 Å². The van der Waals surface area contributed by atoms with E-state index in [1.807, 2.05) is 0 Å². The van der Waals surface area contributed by atoms with Crippen molar-refractivity contribution in [2.24, 2.45) is 0 Å². The summed E-state index contributed by atoms with van der Waals surface area (Å²) in [6.07, 6.45) is -6.21. The lowest BCUT2D eigenvalue weighted by atomic mass is 9.93. The molecule has 0 spiro atoms. The van der Waals surface area contributed by atoms with Gasteiger partial charge in [-0.3, -0.25) is 9.13 Å². The molecular weight excluding hydrogens is 543 g/mol. The third-order valence-electron chi connectivity index (χ3n) is 6.25. The van der Waals surface area contributed by atoms with E-state index in [4.69, 9.17) is 65.3 Å². The summed E-state index contributed by atoms with van der Waals surface area (Å²) in [4.78, 5) is 25.3. The SMILES string of the molecule is [B]C1CC(OP(=O)([O-])OCC2OC([B])CC2OP(=O)([O-])O[C@@H]2C(COC(C)C)OC([B])C2OC)C(CC)O1. The van der Waals surface area contributed by atoms with Crippen molar-refractivity contribution in [3.05, 3.63) is 0 Å². The van der Waals surface area contributed by atoms with Crippen molar-refractivity contribution in [1.29, 1.82) is 0 Å². The van der Waals surface area contributed by atoms with Crippen LogP contribution in [0.2, 0.25) is 0 Å². The number of ether oxygens (including phenoxy) is 5. The number of methoxy groups -OCH3 is 1. The van der Waals surface area contributed by atoms with E-state index >= 15 is 0 Å². The zero-order valence-corrected chi connectivity index (χ0v) is 23.6. The van der Waals surface area contributed by atoms with Crippen molar-refractivity contribution in [3.8, 4) is 0 Å². The highest BCUT2D eigenvalue weighted by atomic mass is 31.2. The Bertz CT molecular complexity index is 857. The van der Waals surface area contributed by atoms with Crippen LogP contribution in [0.4, 0.5) is 0 Å². The maximum absolute atomic E-state index is 12.9. The molecule has 0 N–H and O–H groups in total. The van der Waals surface area contributed by atoms with Crippen LogP contribution in [0.3, 0.4) is 0 Å². The Morgan fingerprint density at radius 3 is 2.00 bits per heavy atom. The lowest BCUT2D eigenvalue weighted by Crippen LogP contribution is -2.40. The first-order valence-electron chi connectivity index (χ1n) is 12.4. The molecule has 38 heavy (non-hydrogen) atoms. The van der Waals surface area contributed by atoms with Gasteiger partial charge in [-0.05, 0) is 33.1 Å². The van der Waals surface area contributed by atoms with Crippen molar-refractivity contribution >= 4 is 39.2 Å². The minimum Gasteiger partial charge on any atom is -0.756 e. The summed E-state index contributed by atoms with van der Waals surface area (Å²) in [5.74, 6) is 0. The van der Waals surface area contributed by atoms with Gasteiger partial charge in [-0.1, -0.05) is 6.92 Å². The average molecular weight is 576 g/mol. The second-order valence-electron chi connectivity index (χ2n) is 9.58. The van der Waals surface area contributed by atoms with Crippen LogP contribution in [0.1, 0.15) is 40.0 Å². The number of phosphoric ester groups is 2. The minimum absolute atomic E-state index is 0.00160. The van der Waals surface area contributed by atoms with Gasteiger partial charge in [-0.2, -0.15) is 0 Å². The van der Waals surface area contributed by atoms with Crippen molar-refractivity contribution < 1.29 is 60.7 Å². The summed E-state index contributed by atoms with van der Waals surface area (Å²) in [5.41, 5.74) is 0. The fourth-order valence-electron chi connectivity index (χ4n) is 4.50. The molecule has 6 radical (unpaired) electrons. The molecule has 0 aromatic heterocycles. The smallest absolute Gasteiger partial charge is 0.268 e. The molecule has 0 aromatic rings. The second-order valence-corrected chi connectivity index (χ2v) is 12.3. The quantitative estimate of drug-likeness (QED) is 0.191. The van der Waals surface area contributed by atoms with Crippen molar-refractivity contribution in [2.45, 2.75) is 107 Å². The number of phosphoric acid groups is 2. The molecule has 0 saturated carbocycles. The molecule has 3 aliphatic heterocycles. The molecule has 0 bridgehead atoms. The first kappa shape index (κ1) is 32.7. The molecule has 11 unspecified atom stereocenters. The normalized spacial score (nSPS) is 40.9. The summed E-state index contributed by atoms with van der Waals surface area (Å²) in [6.45, 7) is 4.79. The molecule has 212 valence electrons. The molecule has 0 aromatic carbocycles. The van der Waals surface area contributed by atoms with Gasteiger partial charge in [-0.25, -0.2) is 0 Å². The molecule has 18 heteroatoms. The van der Waals surface area contributed by atoms with Gasteiger partial charge in [0.15, 0.2) is 0 Å². The van der Waals surface area contributed by atoms with E-state index in [0.29, 0.717) is 6.42 Å². The summed E-state index contributed by atoms with van der Waals surface area (Å²) < 4.78 is 73.1. The van der Waals surface area contributed by atoms with Crippen LogP contribution in [-0.4, -0.2) is 111 Å². The van der Waals surface area contributed by atoms with Crippen molar-refractivity contribution in [1.82, 2.24) is 0 Å². The average Bonchev–Trinajstić information content (AvgIpc) is 3.43. The zero-order chi connectivity index (χ0) is 28.3. The summed E-state index contributed by atoms with van der Waals surface area (Å²) >= 11 is 0. The Balaban J connectivity index is 1.59. The highest BCUT2D eigenvalue weighted by Gasteiger charge is 2.46. The lowest BCUT2D eigenvalue weighted by Gasteiger charge is -2.34. The van der Waals surface area contributed by atoms with E-state index in [-0.39, 0.29) is 25.6 Å². The van der Waals surface area contributed by atoms with E-state index < -0.39 is 83.0 Å².